The highest BCUT2D eigenvalue weighted by Crippen LogP contribution is 2.20. The van der Waals surface area contributed by atoms with Crippen LogP contribution < -0.4 is 11.1 Å². The summed E-state index contributed by atoms with van der Waals surface area (Å²) < 4.78 is 26.8. The number of ether oxygens (including phenoxy) is 1. The Hall–Kier alpha value is -1.76. The minimum absolute atomic E-state index is 0.0199. The van der Waals surface area contributed by atoms with Crippen molar-refractivity contribution in [3.05, 3.63) is 23.8 Å². The molecule has 0 bridgehead atoms. The number of esters is 1. The van der Waals surface area contributed by atoms with Crippen LogP contribution >= 0.6 is 0 Å². The number of hydrogen-bond donors (Lipinski definition) is 2. The van der Waals surface area contributed by atoms with Gasteiger partial charge in [0.1, 0.15) is 9.84 Å². The molecule has 1 aromatic carbocycles. The van der Waals surface area contributed by atoms with E-state index in [1.165, 1.54) is 12.3 Å². The highest BCUT2D eigenvalue weighted by Gasteiger charge is 2.09. The topological polar surface area (TPSA) is 98.5 Å². The predicted octanol–water partition coefficient (Wildman–Crippen LogP) is 0.902. The molecule has 0 aliphatic rings. The van der Waals surface area contributed by atoms with Gasteiger partial charge in [-0.05, 0) is 25.1 Å². The maximum atomic E-state index is 11.5. The van der Waals surface area contributed by atoms with Crippen LogP contribution in [0.25, 0.3) is 0 Å². The first-order valence-corrected chi connectivity index (χ1v) is 7.88. The Labute approximate surface area is 112 Å². The number of carbonyl (C=O) groups excluding carboxylic acids is 1. The van der Waals surface area contributed by atoms with Crippen LogP contribution in [-0.4, -0.2) is 39.5 Å². The molecule has 106 valence electrons. The Morgan fingerprint density at radius 1 is 1.42 bits per heavy atom. The van der Waals surface area contributed by atoms with Crippen molar-refractivity contribution in [2.75, 3.05) is 36.2 Å². The number of anilines is 2. The van der Waals surface area contributed by atoms with E-state index in [4.69, 9.17) is 10.5 Å². The van der Waals surface area contributed by atoms with Gasteiger partial charge in [-0.25, -0.2) is 13.2 Å². The zero-order valence-corrected chi connectivity index (χ0v) is 11.8. The highest BCUT2D eigenvalue weighted by molar-refractivity contribution is 7.90. The van der Waals surface area contributed by atoms with E-state index in [-0.39, 0.29) is 12.3 Å². The third-order valence-corrected chi connectivity index (χ3v) is 3.30. The van der Waals surface area contributed by atoms with Gasteiger partial charge in [-0.3, -0.25) is 0 Å². The summed E-state index contributed by atoms with van der Waals surface area (Å²) in [6.07, 6.45) is 1.17. The average Bonchev–Trinajstić information content (AvgIpc) is 2.30. The fourth-order valence-corrected chi connectivity index (χ4v) is 1.91. The molecule has 0 aliphatic carbocycles. The molecule has 19 heavy (non-hydrogen) atoms. The predicted molar refractivity (Wildman–Crippen MR) is 75.0 cm³/mol. The maximum absolute atomic E-state index is 11.5. The summed E-state index contributed by atoms with van der Waals surface area (Å²) in [5, 5.41) is 2.91. The Bertz CT molecular complexity index is 555. The summed E-state index contributed by atoms with van der Waals surface area (Å²) >= 11 is 0. The van der Waals surface area contributed by atoms with Gasteiger partial charge in [0.05, 0.1) is 29.3 Å². The fourth-order valence-electron chi connectivity index (χ4n) is 1.44. The van der Waals surface area contributed by atoms with Crippen molar-refractivity contribution >= 4 is 27.2 Å². The van der Waals surface area contributed by atoms with Crippen molar-refractivity contribution in [1.29, 1.82) is 0 Å². The number of sulfone groups is 1. The molecule has 0 radical (unpaired) electrons. The third-order valence-electron chi connectivity index (χ3n) is 2.35. The number of rotatable bonds is 6. The van der Waals surface area contributed by atoms with E-state index in [0.29, 0.717) is 23.5 Å². The lowest BCUT2D eigenvalue weighted by Gasteiger charge is -2.10. The van der Waals surface area contributed by atoms with Gasteiger partial charge < -0.3 is 15.8 Å². The second-order valence-corrected chi connectivity index (χ2v) is 6.34. The molecule has 1 aromatic rings. The van der Waals surface area contributed by atoms with Crippen LogP contribution in [0.4, 0.5) is 11.4 Å². The SMILES string of the molecule is CCOC(=O)c1ccc(NCCS(C)(=O)=O)c(N)c1. The molecule has 0 spiro atoms. The monoisotopic (exact) mass is 286 g/mol. The van der Waals surface area contributed by atoms with E-state index in [1.807, 2.05) is 0 Å². The summed E-state index contributed by atoms with van der Waals surface area (Å²) in [6.45, 7) is 2.29. The van der Waals surface area contributed by atoms with Crippen LogP contribution in [0.1, 0.15) is 17.3 Å². The molecule has 0 saturated carbocycles. The Kier molecular flexibility index (Phi) is 5.17. The van der Waals surface area contributed by atoms with Gasteiger partial charge in [-0.1, -0.05) is 0 Å². The minimum atomic E-state index is -3.01. The number of nitrogen functional groups attached to an aromatic ring is 1. The summed E-state index contributed by atoms with van der Waals surface area (Å²) in [6, 6.07) is 4.71. The van der Waals surface area contributed by atoms with Gasteiger partial charge in [0.15, 0.2) is 0 Å². The van der Waals surface area contributed by atoms with Crippen LogP contribution in [-0.2, 0) is 14.6 Å². The number of nitrogens with two attached hydrogens (primary N) is 1. The van der Waals surface area contributed by atoms with Gasteiger partial charge in [-0.15, -0.1) is 0 Å². The lowest BCUT2D eigenvalue weighted by atomic mass is 10.1. The van der Waals surface area contributed by atoms with Crippen LogP contribution in [0.3, 0.4) is 0 Å². The molecule has 0 atom stereocenters. The molecule has 7 heteroatoms. The Balaban J connectivity index is 2.70. The lowest BCUT2D eigenvalue weighted by molar-refractivity contribution is 0.0526. The van der Waals surface area contributed by atoms with Gasteiger partial charge in [0.2, 0.25) is 0 Å². The fraction of sp³-hybridized carbons (Fsp3) is 0.417. The van der Waals surface area contributed by atoms with E-state index < -0.39 is 15.8 Å². The number of benzene rings is 1. The average molecular weight is 286 g/mol. The largest absolute Gasteiger partial charge is 0.462 e. The molecule has 0 fully saturated rings. The van der Waals surface area contributed by atoms with Gasteiger partial charge in [0.25, 0.3) is 0 Å². The van der Waals surface area contributed by atoms with Crippen molar-refractivity contribution in [1.82, 2.24) is 0 Å². The molecule has 0 heterocycles. The normalized spacial score (nSPS) is 11.1. The first-order valence-electron chi connectivity index (χ1n) is 5.81. The van der Waals surface area contributed by atoms with Crippen LogP contribution in [0.15, 0.2) is 18.2 Å². The van der Waals surface area contributed by atoms with Crippen LogP contribution in [0.2, 0.25) is 0 Å². The van der Waals surface area contributed by atoms with E-state index in [9.17, 15) is 13.2 Å². The highest BCUT2D eigenvalue weighted by atomic mass is 32.2. The number of hydrogen-bond acceptors (Lipinski definition) is 6. The molecule has 0 aromatic heterocycles. The van der Waals surface area contributed by atoms with Crippen LogP contribution in [0.5, 0.6) is 0 Å². The lowest BCUT2D eigenvalue weighted by Crippen LogP contribution is -2.15. The number of carbonyl (C=O) groups is 1. The molecule has 0 saturated heterocycles. The third kappa shape index (κ3) is 5.17. The molecule has 3 N–H and O–H groups in total. The van der Waals surface area contributed by atoms with E-state index >= 15 is 0 Å². The molecule has 1 rings (SSSR count). The molecular weight excluding hydrogens is 268 g/mol. The van der Waals surface area contributed by atoms with E-state index in [1.54, 1.807) is 19.1 Å². The molecular formula is C12H18N2O4S. The molecule has 6 nitrogen and oxygen atoms in total. The molecule has 0 amide bonds. The maximum Gasteiger partial charge on any atom is 0.338 e. The van der Waals surface area contributed by atoms with Crippen molar-refractivity contribution < 1.29 is 17.9 Å². The van der Waals surface area contributed by atoms with Crippen molar-refractivity contribution in [3.63, 3.8) is 0 Å². The molecule has 0 aliphatic heterocycles. The summed E-state index contributed by atoms with van der Waals surface area (Å²) in [5.74, 6) is -0.414. The van der Waals surface area contributed by atoms with Gasteiger partial charge in [0, 0.05) is 12.8 Å². The second-order valence-electron chi connectivity index (χ2n) is 4.08. The quantitative estimate of drug-likeness (QED) is 0.595. The first kappa shape index (κ1) is 15.3. The second kappa shape index (κ2) is 6.42. The summed E-state index contributed by atoms with van der Waals surface area (Å²) in [4.78, 5) is 11.5. The van der Waals surface area contributed by atoms with Crippen LogP contribution in [0, 0.1) is 0 Å². The van der Waals surface area contributed by atoms with Crippen molar-refractivity contribution in [2.45, 2.75) is 6.92 Å². The smallest absolute Gasteiger partial charge is 0.338 e. The van der Waals surface area contributed by atoms with E-state index in [0.717, 1.165) is 0 Å². The van der Waals surface area contributed by atoms with Crippen molar-refractivity contribution in [3.8, 4) is 0 Å². The Morgan fingerprint density at radius 3 is 2.63 bits per heavy atom. The zero-order valence-electron chi connectivity index (χ0n) is 11.0. The molecule has 0 unspecified atom stereocenters. The summed E-state index contributed by atoms with van der Waals surface area (Å²) in [7, 11) is -3.01. The van der Waals surface area contributed by atoms with E-state index in [2.05, 4.69) is 5.32 Å². The van der Waals surface area contributed by atoms with Gasteiger partial charge >= 0.3 is 5.97 Å². The minimum Gasteiger partial charge on any atom is -0.462 e. The first-order chi connectivity index (χ1) is 8.83. The zero-order chi connectivity index (χ0) is 14.5. The number of nitrogens with one attached hydrogen (secondary N) is 1. The Morgan fingerprint density at radius 2 is 2.11 bits per heavy atom. The van der Waals surface area contributed by atoms with Crippen molar-refractivity contribution in [2.24, 2.45) is 0 Å². The standard InChI is InChI=1S/C12H18N2O4S/c1-3-18-12(15)9-4-5-11(10(13)8-9)14-6-7-19(2,16)17/h4-5,8,14H,3,6-7,13H2,1-2H3. The summed E-state index contributed by atoms with van der Waals surface area (Å²) in [5.41, 5.74) is 7.12. The van der Waals surface area contributed by atoms with Gasteiger partial charge in [-0.2, -0.15) is 0 Å².